The summed E-state index contributed by atoms with van der Waals surface area (Å²) in [6.45, 7) is 22.1. The second kappa shape index (κ2) is 24.1. The molecule has 0 N–H and O–H groups in total. The smallest absolute Gasteiger partial charge is 0.0657 e. The molecule has 2 nitrogen and oxygen atoms in total. The fraction of sp³-hybridized carbons (Fsp3) is 0.619. The molecule has 6 unspecified atom stereocenters. The van der Waals surface area contributed by atoms with E-state index in [1.54, 1.807) is 14.2 Å². The standard InChI is InChI=1S/C42H70O2/c1-35(23-15-25-37(3)27-17-29-39(5)31-19-33-41(7,8)43-11)21-13-14-22-36(2)24-16-26-38(4)28-18-30-40(6)32-20-34-42(9,10)44-12/h13-24,27-28,31-32,35-40H,25-26,29-30,33-34H2,1-12H3/b21-13+,22-14+,23-15+,24-16+,27-17+,28-18+,31-19-,32-20+. The minimum absolute atomic E-state index is 0.0808. The molecule has 250 valence electrons. The maximum Gasteiger partial charge on any atom is 0.0657 e. The summed E-state index contributed by atoms with van der Waals surface area (Å²) in [5.74, 6) is 3.09. The van der Waals surface area contributed by atoms with Gasteiger partial charge in [-0.05, 0) is 102 Å². The Bertz CT molecular complexity index is 874. The molecule has 0 aromatic carbocycles. The van der Waals surface area contributed by atoms with Crippen LogP contribution in [0.1, 0.15) is 108 Å². The molecule has 6 atom stereocenters. The first kappa shape index (κ1) is 41.8. The molecule has 0 amide bonds. The van der Waals surface area contributed by atoms with E-state index in [-0.39, 0.29) is 11.2 Å². The number of hydrogen-bond donors (Lipinski definition) is 0. The summed E-state index contributed by atoms with van der Waals surface area (Å²) in [6.07, 6.45) is 42.9. The fourth-order valence-corrected chi connectivity index (χ4v) is 4.32. The molecular weight excluding hydrogens is 536 g/mol. The van der Waals surface area contributed by atoms with Crippen LogP contribution in [0.5, 0.6) is 0 Å². The van der Waals surface area contributed by atoms with Gasteiger partial charge in [0.05, 0.1) is 11.2 Å². The maximum absolute atomic E-state index is 5.48. The van der Waals surface area contributed by atoms with Gasteiger partial charge < -0.3 is 9.47 Å². The quantitative estimate of drug-likeness (QED) is 0.0851. The van der Waals surface area contributed by atoms with Crippen LogP contribution in [0.25, 0.3) is 0 Å². The van der Waals surface area contributed by atoms with Gasteiger partial charge in [-0.1, -0.05) is 139 Å². The lowest BCUT2D eigenvalue weighted by Crippen LogP contribution is -2.20. The third kappa shape index (κ3) is 25.2. The SMILES string of the molecule is COC(C)(C)C/C=C\C(C)C/C=C/C(C)C/C=C/C(C)/C=C/C=C/C(C)/C=C/CC(C)/C=C/CC(C)/C=C/CC(C)(C)OC. The van der Waals surface area contributed by atoms with Crippen molar-refractivity contribution in [3.63, 3.8) is 0 Å². The molecule has 2 heteroatoms. The van der Waals surface area contributed by atoms with Crippen LogP contribution in [0.15, 0.2) is 97.2 Å². The molecule has 0 aliphatic carbocycles. The second-order valence-electron chi connectivity index (χ2n) is 14.2. The van der Waals surface area contributed by atoms with Gasteiger partial charge in [-0.3, -0.25) is 0 Å². The first-order valence-corrected chi connectivity index (χ1v) is 17.1. The molecule has 0 saturated heterocycles. The lowest BCUT2D eigenvalue weighted by atomic mass is 10.00. The van der Waals surface area contributed by atoms with E-state index in [1.165, 1.54) is 0 Å². The summed E-state index contributed by atoms with van der Waals surface area (Å²) >= 11 is 0. The van der Waals surface area contributed by atoms with Gasteiger partial charge in [-0.15, -0.1) is 0 Å². The van der Waals surface area contributed by atoms with E-state index >= 15 is 0 Å². The molecule has 44 heavy (non-hydrogen) atoms. The molecule has 0 aliphatic rings. The van der Waals surface area contributed by atoms with Crippen LogP contribution in [-0.2, 0) is 9.47 Å². The lowest BCUT2D eigenvalue weighted by Gasteiger charge is -2.20. The summed E-state index contributed by atoms with van der Waals surface area (Å²) < 4.78 is 11.0. The topological polar surface area (TPSA) is 18.5 Å². The lowest BCUT2D eigenvalue weighted by molar-refractivity contribution is 0.0251. The van der Waals surface area contributed by atoms with Gasteiger partial charge in [0, 0.05) is 14.2 Å². The Balaban J connectivity index is 4.30. The van der Waals surface area contributed by atoms with E-state index in [0.29, 0.717) is 35.5 Å². The maximum atomic E-state index is 5.48. The summed E-state index contributed by atoms with van der Waals surface area (Å²) in [6, 6.07) is 0. The van der Waals surface area contributed by atoms with Gasteiger partial charge in [-0.25, -0.2) is 0 Å². The van der Waals surface area contributed by atoms with Crippen LogP contribution >= 0.6 is 0 Å². The first-order chi connectivity index (χ1) is 20.7. The van der Waals surface area contributed by atoms with Crippen molar-refractivity contribution < 1.29 is 9.47 Å². The van der Waals surface area contributed by atoms with Gasteiger partial charge in [0.25, 0.3) is 0 Å². The zero-order chi connectivity index (χ0) is 33.4. The Kier molecular flexibility index (Phi) is 22.9. The monoisotopic (exact) mass is 607 g/mol. The predicted molar refractivity (Wildman–Crippen MR) is 198 cm³/mol. The van der Waals surface area contributed by atoms with Crippen molar-refractivity contribution >= 4 is 0 Å². The van der Waals surface area contributed by atoms with E-state index in [1.807, 2.05) is 0 Å². The Morgan fingerprint density at radius 3 is 0.977 bits per heavy atom. The summed E-state index contributed by atoms with van der Waals surface area (Å²) in [4.78, 5) is 0. The normalized spacial score (nSPS) is 18.4. The highest BCUT2D eigenvalue weighted by Gasteiger charge is 2.14. The predicted octanol–water partition coefficient (Wildman–Crippen LogP) is 12.4. The molecule has 0 aromatic heterocycles. The van der Waals surface area contributed by atoms with Crippen LogP contribution < -0.4 is 0 Å². The summed E-state index contributed by atoms with van der Waals surface area (Å²) in [5, 5.41) is 0. The van der Waals surface area contributed by atoms with Crippen LogP contribution in [0, 0.1) is 35.5 Å². The minimum atomic E-state index is -0.0808. The highest BCUT2D eigenvalue weighted by atomic mass is 16.5. The number of allylic oxidation sites excluding steroid dienone is 14. The van der Waals surface area contributed by atoms with Crippen molar-refractivity contribution in [2.75, 3.05) is 14.2 Å². The second-order valence-corrected chi connectivity index (χ2v) is 14.2. The number of ether oxygens (including phenoxy) is 2. The molecule has 0 radical (unpaired) electrons. The van der Waals surface area contributed by atoms with Gasteiger partial charge in [0.2, 0.25) is 0 Å². The average Bonchev–Trinajstić information content (AvgIpc) is 2.95. The van der Waals surface area contributed by atoms with Crippen LogP contribution in [-0.4, -0.2) is 25.4 Å². The van der Waals surface area contributed by atoms with Crippen molar-refractivity contribution in [2.45, 2.75) is 119 Å². The van der Waals surface area contributed by atoms with Gasteiger partial charge in [0.1, 0.15) is 0 Å². The van der Waals surface area contributed by atoms with Crippen molar-refractivity contribution in [2.24, 2.45) is 35.5 Å². The molecule has 0 saturated carbocycles. The zero-order valence-corrected chi connectivity index (χ0v) is 30.8. The van der Waals surface area contributed by atoms with Crippen molar-refractivity contribution in [1.82, 2.24) is 0 Å². The molecule has 0 heterocycles. The van der Waals surface area contributed by atoms with E-state index in [2.05, 4.69) is 166 Å². The molecule has 0 bridgehead atoms. The first-order valence-electron chi connectivity index (χ1n) is 17.1. The zero-order valence-electron chi connectivity index (χ0n) is 30.8. The van der Waals surface area contributed by atoms with Gasteiger partial charge in [0.15, 0.2) is 0 Å². The summed E-state index contributed by atoms with van der Waals surface area (Å²) in [5.41, 5.74) is -0.162. The Morgan fingerprint density at radius 1 is 0.409 bits per heavy atom. The van der Waals surface area contributed by atoms with Crippen molar-refractivity contribution in [3.8, 4) is 0 Å². The van der Waals surface area contributed by atoms with Crippen molar-refractivity contribution in [3.05, 3.63) is 97.2 Å². The summed E-state index contributed by atoms with van der Waals surface area (Å²) in [7, 11) is 3.56. The molecule has 0 spiro atoms. The average molecular weight is 607 g/mol. The number of hydrogen-bond acceptors (Lipinski definition) is 2. The van der Waals surface area contributed by atoms with Gasteiger partial charge >= 0.3 is 0 Å². The van der Waals surface area contributed by atoms with Gasteiger partial charge in [-0.2, -0.15) is 0 Å². The molecule has 0 aromatic rings. The largest absolute Gasteiger partial charge is 0.378 e. The molecular formula is C42H70O2. The third-order valence-electron chi connectivity index (χ3n) is 8.03. The van der Waals surface area contributed by atoms with E-state index in [0.717, 1.165) is 38.5 Å². The highest BCUT2D eigenvalue weighted by Crippen LogP contribution is 2.17. The fourth-order valence-electron chi connectivity index (χ4n) is 4.32. The third-order valence-corrected chi connectivity index (χ3v) is 8.03. The Labute approximate surface area is 274 Å². The highest BCUT2D eigenvalue weighted by molar-refractivity contribution is 5.11. The van der Waals surface area contributed by atoms with E-state index in [9.17, 15) is 0 Å². The van der Waals surface area contributed by atoms with E-state index in [4.69, 9.17) is 9.47 Å². The Morgan fingerprint density at radius 2 is 0.682 bits per heavy atom. The molecule has 0 aliphatic heterocycles. The number of rotatable bonds is 23. The number of methoxy groups -OCH3 is 2. The van der Waals surface area contributed by atoms with Crippen LogP contribution in [0.3, 0.4) is 0 Å². The van der Waals surface area contributed by atoms with Crippen LogP contribution in [0.2, 0.25) is 0 Å². The van der Waals surface area contributed by atoms with Crippen LogP contribution in [0.4, 0.5) is 0 Å². The molecule has 0 fully saturated rings. The minimum Gasteiger partial charge on any atom is -0.378 e. The Hall–Kier alpha value is -2.16. The van der Waals surface area contributed by atoms with Crippen molar-refractivity contribution in [1.29, 1.82) is 0 Å². The molecule has 0 rings (SSSR count). The van der Waals surface area contributed by atoms with E-state index < -0.39 is 0 Å².